The van der Waals surface area contributed by atoms with E-state index in [2.05, 4.69) is 4.98 Å². The number of methoxy groups -OCH3 is 1. The Morgan fingerprint density at radius 2 is 2.19 bits per heavy atom. The second-order valence-electron chi connectivity index (χ2n) is 5.74. The molecule has 1 aromatic carbocycles. The zero-order valence-corrected chi connectivity index (χ0v) is 15.0. The first-order valence-corrected chi connectivity index (χ1v) is 8.88. The van der Waals surface area contributed by atoms with Crippen molar-refractivity contribution in [3.05, 3.63) is 76.9 Å². The average molecular weight is 382 g/mol. The fraction of sp³-hybridized carbons (Fsp3) is 0.105. The molecule has 8 heteroatoms. The number of Topliss-reactive ketones (excluding diaryl/α,β-unsaturated/α-hetero) is 1. The summed E-state index contributed by atoms with van der Waals surface area (Å²) >= 11 is 1.24. The molecule has 1 aliphatic heterocycles. The molecule has 0 bridgehead atoms. The normalized spacial score (nSPS) is 16.9. The molecule has 0 saturated carbocycles. The van der Waals surface area contributed by atoms with E-state index in [4.69, 9.17) is 9.15 Å². The van der Waals surface area contributed by atoms with Crippen molar-refractivity contribution in [3.63, 3.8) is 0 Å². The second kappa shape index (κ2) is 6.73. The van der Waals surface area contributed by atoms with Gasteiger partial charge >= 0.3 is 0 Å². The minimum Gasteiger partial charge on any atom is -0.503 e. The number of nitrogens with zero attached hydrogens (tertiary/aromatic N) is 2. The molecule has 0 spiro atoms. The lowest BCUT2D eigenvalue weighted by Crippen LogP contribution is -2.30. The highest BCUT2D eigenvalue weighted by molar-refractivity contribution is 7.13. The van der Waals surface area contributed by atoms with Gasteiger partial charge in [-0.3, -0.25) is 14.5 Å². The maximum atomic E-state index is 13.0. The number of aromatic nitrogens is 1. The molecule has 1 aliphatic rings. The summed E-state index contributed by atoms with van der Waals surface area (Å²) < 4.78 is 10.4. The quantitative estimate of drug-likeness (QED) is 0.679. The molecule has 27 heavy (non-hydrogen) atoms. The third-order valence-corrected chi connectivity index (χ3v) is 5.00. The predicted molar refractivity (Wildman–Crippen MR) is 98.0 cm³/mol. The number of carbonyl (C=O) groups is 2. The molecule has 1 N–H and O–H groups in total. The lowest BCUT2D eigenvalue weighted by Gasteiger charge is -2.24. The van der Waals surface area contributed by atoms with Crippen molar-refractivity contribution in [1.82, 2.24) is 4.98 Å². The van der Waals surface area contributed by atoms with Crippen LogP contribution >= 0.6 is 11.3 Å². The topological polar surface area (TPSA) is 92.9 Å². The molecule has 0 fully saturated rings. The maximum absolute atomic E-state index is 13.0. The summed E-state index contributed by atoms with van der Waals surface area (Å²) in [6.07, 6.45) is 2.92. The van der Waals surface area contributed by atoms with Crippen LogP contribution in [0.1, 0.15) is 22.2 Å². The molecule has 0 radical (unpaired) electrons. The number of benzene rings is 1. The Labute approximate surface area is 158 Å². The average Bonchev–Trinajstić information content (AvgIpc) is 3.43. The van der Waals surface area contributed by atoms with Gasteiger partial charge in [0, 0.05) is 11.6 Å². The number of aliphatic hydroxyl groups is 1. The molecule has 1 amide bonds. The van der Waals surface area contributed by atoms with Gasteiger partial charge in [-0.1, -0.05) is 12.1 Å². The maximum Gasteiger partial charge on any atom is 0.296 e. The van der Waals surface area contributed by atoms with Crippen molar-refractivity contribution in [1.29, 1.82) is 0 Å². The van der Waals surface area contributed by atoms with Gasteiger partial charge in [0.05, 0.1) is 25.0 Å². The number of amides is 1. The highest BCUT2D eigenvalue weighted by atomic mass is 32.1. The summed E-state index contributed by atoms with van der Waals surface area (Å²) in [5.74, 6) is -1.25. The number of ketones is 1. The number of ether oxygens (including phenoxy) is 1. The van der Waals surface area contributed by atoms with E-state index >= 15 is 0 Å². The van der Waals surface area contributed by atoms with E-state index in [0.717, 1.165) is 0 Å². The van der Waals surface area contributed by atoms with Gasteiger partial charge < -0.3 is 14.3 Å². The van der Waals surface area contributed by atoms with Gasteiger partial charge in [0.2, 0.25) is 5.78 Å². The first-order valence-electron chi connectivity index (χ1n) is 8.00. The smallest absolute Gasteiger partial charge is 0.296 e. The van der Waals surface area contributed by atoms with Crippen LogP contribution in [0.3, 0.4) is 0 Å². The van der Waals surface area contributed by atoms with Crippen molar-refractivity contribution in [2.75, 3.05) is 12.0 Å². The molecule has 3 heterocycles. The van der Waals surface area contributed by atoms with Crippen molar-refractivity contribution in [2.24, 2.45) is 0 Å². The van der Waals surface area contributed by atoms with E-state index in [9.17, 15) is 14.7 Å². The zero-order chi connectivity index (χ0) is 19.0. The van der Waals surface area contributed by atoms with Gasteiger partial charge in [0.15, 0.2) is 16.7 Å². The number of hydrogen-bond donors (Lipinski definition) is 1. The second-order valence-corrected chi connectivity index (χ2v) is 6.61. The van der Waals surface area contributed by atoms with E-state index in [1.54, 1.807) is 41.9 Å². The van der Waals surface area contributed by atoms with E-state index in [1.165, 1.54) is 35.7 Å². The SMILES string of the molecule is COc1cccc([C@@H]2C(C(=O)c3ccco3)=C(O)C(=O)N2c2nccs2)c1. The summed E-state index contributed by atoms with van der Waals surface area (Å²) in [4.78, 5) is 31.3. The number of thiazole rings is 1. The molecule has 136 valence electrons. The van der Waals surface area contributed by atoms with Crippen LogP contribution in [-0.4, -0.2) is 28.9 Å². The minimum atomic E-state index is -0.851. The molecule has 0 aliphatic carbocycles. The van der Waals surface area contributed by atoms with E-state index in [0.29, 0.717) is 16.4 Å². The summed E-state index contributed by atoms with van der Waals surface area (Å²) in [5, 5.41) is 12.6. The summed E-state index contributed by atoms with van der Waals surface area (Å²) in [7, 11) is 1.53. The molecule has 3 aromatic rings. The van der Waals surface area contributed by atoms with Crippen LogP contribution in [0.25, 0.3) is 0 Å². The van der Waals surface area contributed by atoms with Crippen LogP contribution in [-0.2, 0) is 4.79 Å². The number of hydrogen-bond acceptors (Lipinski definition) is 7. The highest BCUT2D eigenvalue weighted by Crippen LogP contribution is 2.43. The lowest BCUT2D eigenvalue weighted by molar-refractivity contribution is -0.117. The summed E-state index contributed by atoms with van der Waals surface area (Å²) in [5.41, 5.74) is 0.551. The Kier molecular flexibility index (Phi) is 4.25. The molecule has 0 unspecified atom stereocenters. The van der Waals surface area contributed by atoms with Crippen molar-refractivity contribution in [2.45, 2.75) is 6.04 Å². The predicted octanol–water partition coefficient (Wildman–Crippen LogP) is 3.53. The van der Waals surface area contributed by atoms with Crippen LogP contribution in [0.2, 0.25) is 0 Å². The van der Waals surface area contributed by atoms with Crippen LogP contribution in [0.5, 0.6) is 5.75 Å². The Morgan fingerprint density at radius 1 is 1.33 bits per heavy atom. The number of rotatable bonds is 5. The Bertz CT molecular complexity index is 1020. The van der Waals surface area contributed by atoms with Gasteiger partial charge in [-0.05, 0) is 29.8 Å². The Hall–Kier alpha value is -3.39. The van der Waals surface area contributed by atoms with Crippen LogP contribution < -0.4 is 9.64 Å². The monoisotopic (exact) mass is 382 g/mol. The first kappa shape index (κ1) is 17.0. The number of carbonyl (C=O) groups excluding carboxylic acids is 2. The molecule has 4 rings (SSSR count). The Morgan fingerprint density at radius 3 is 2.85 bits per heavy atom. The van der Waals surface area contributed by atoms with Crippen LogP contribution in [0, 0.1) is 0 Å². The van der Waals surface area contributed by atoms with Crippen molar-refractivity contribution in [3.8, 4) is 5.75 Å². The van der Waals surface area contributed by atoms with E-state index < -0.39 is 23.5 Å². The molecule has 7 nitrogen and oxygen atoms in total. The molecular weight excluding hydrogens is 368 g/mol. The minimum absolute atomic E-state index is 0.0400. The van der Waals surface area contributed by atoms with Crippen LogP contribution in [0.4, 0.5) is 5.13 Å². The van der Waals surface area contributed by atoms with Crippen molar-refractivity contribution >= 4 is 28.2 Å². The van der Waals surface area contributed by atoms with Crippen LogP contribution in [0.15, 0.2) is 70.0 Å². The van der Waals surface area contributed by atoms with Crippen molar-refractivity contribution < 1.29 is 23.8 Å². The number of aliphatic hydroxyl groups excluding tert-OH is 1. The fourth-order valence-electron chi connectivity index (χ4n) is 3.04. The molecule has 2 aromatic heterocycles. The third kappa shape index (κ3) is 2.80. The third-order valence-electron chi connectivity index (χ3n) is 4.23. The fourth-order valence-corrected chi connectivity index (χ4v) is 3.70. The summed E-state index contributed by atoms with van der Waals surface area (Å²) in [6.45, 7) is 0. The van der Waals surface area contributed by atoms with Gasteiger partial charge in [-0.25, -0.2) is 4.98 Å². The van der Waals surface area contributed by atoms with Gasteiger partial charge in [0.1, 0.15) is 5.75 Å². The highest BCUT2D eigenvalue weighted by Gasteiger charge is 2.46. The zero-order valence-electron chi connectivity index (χ0n) is 14.2. The Balaban J connectivity index is 1.89. The van der Waals surface area contributed by atoms with Gasteiger partial charge in [0.25, 0.3) is 5.91 Å². The number of furan rings is 1. The molecule has 1 atom stereocenters. The largest absolute Gasteiger partial charge is 0.503 e. The van der Waals surface area contributed by atoms with E-state index in [-0.39, 0.29) is 11.3 Å². The van der Waals surface area contributed by atoms with E-state index in [1.807, 2.05) is 0 Å². The standard InChI is InChI=1S/C19H14N2O5S/c1-25-12-5-2-4-11(10-12)15-14(16(22)13-6-3-8-26-13)17(23)18(24)21(15)19-20-7-9-27-19/h2-10,15,23H,1H3/t15-/m1/s1. The summed E-state index contributed by atoms with van der Waals surface area (Å²) in [6, 6.07) is 9.19. The number of anilines is 1. The molecular formula is C19H14N2O5S. The van der Waals surface area contributed by atoms with Gasteiger partial charge in [-0.2, -0.15) is 0 Å². The first-order chi connectivity index (χ1) is 13.1. The van der Waals surface area contributed by atoms with Gasteiger partial charge in [-0.15, -0.1) is 11.3 Å². The molecule has 0 saturated heterocycles. The lowest BCUT2D eigenvalue weighted by atomic mass is 9.95.